The molecule has 4 aromatic rings. The van der Waals surface area contributed by atoms with Crippen molar-refractivity contribution in [2.75, 3.05) is 12.4 Å². The molecule has 28 heavy (non-hydrogen) atoms. The van der Waals surface area contributed by atoms with Gasteiger partial charge >= 0.3 is 0 Å². The van der Waals surface area contributed by atoms with Crippen LogP contribution in [-0.2, 0) is 0 Å². The molecule has 1 amide bonds. The third kappa shape index (κ3) is 3.27. The number of aromatic nitrogens is 4. The molecule has 0 bridgehead atoms. The van der Waals surface area contributed by atoms with E-state index in [1.165, 1.54) is 0 Å². The molecule has 136 valence electrons. The number of hydrogen-bond acceptors (Lipinski definition) is 5. The van der Waals surface area contributed by atoms with Crippen molar-refractivity contribution in [1.82, 2.24) is 19.5 Å². The second-order valence-corrected chi connectivity index (χ2v) is 5.96. The van der Waals surface area contributed by atoms with Crippen LogP contribution in [0, 0.1) is 11.8 Å². The van der Waals surface area contributed by atoms with Crippen LogP contribution in [0.15, 0.2) is 60.9 Å². The number of imidazole rings is 1. The number of nitrogens with one attached hydrogen (secondary N) is 1. The van der Waals surface area contributed by atoms with Crippen molar-refractivity contribution >= 4 is 22.9 Å². The van der Waals surface area contributed by atoms with Gasteiger partial charge in [-0.1, -0.05) is 30.2 Å². The predicted molar refractivity (Wildman–Crippen MR) is 107 cm³/mol. The van der Waals surface area contributed by atoms with E-state index in [2.05, 4.69) is 32.1 Å². The summed E-state index contributed by atoms with van der Waals surface area (Å²) in [5.41, 5.74) is 8.59. The average molecular weight is 368 g/mol. The number of carbonyl (C=O) groups is 1. The van der Waals surface area contributed by atoms with Gasteiger partial charge in [-0.25, -0.2) is 15.0 Å². The van der Waals surface area contributed by atoms with Crippen LogP contribution in [0.1, 0.15) is 21.7 Å². The maximum Gasteiger partial charge on any atom is 0.248 e. The van der Waals surface area contributed by atoms with E-state index in [0.717, 1.165) is 11.3 Å². The molecule has 0 saturated heterocycles. The minimum atomic E-state index is -0.494. The standard InChI is InChI=1S/C21H16N6O/c1-23-20-18-21(26-17(25-20)11-10-14-6-3-2-4-7-14)27(13-24-18)16-9-5-8-15(12-16)19(22)28/h2-9,12-13H,1H3,(H2,22,28)(H,23,25,26). The lowest BCUT2D eigenvalue weighted by molar-refractivity contribution is 0.100. The van der Waals surface area contributed by atoms with E-state index >= 15 is 0 Å². The van der Waals surface area contributed by atoms with Crippen molar-refractivity contribution in [3.63, 3.8) is 0 Å². The Bertz CT molecular complexity index is 1230. The molecular weight excluding hydrogens is 352 g/mol. The predicted octanol–water partition coefficient (Wildman–Crippen LogP) is 2.36. The van der Waals surface area contributed by atoms with Gasteiger partial charge in [-0.15, -0.1) is 0 Å². The highest BCUT2D eigenvalue weighted by atomic mass is 16.1. The number of amides is 1. The van der Waals surface area contributed by atoms with Crippen LogP contribution < -0.4 is 11.1 Å². The number of carbonyl (C=O) groups excluding carboxylic acids is 1. The van der Waals surface area contributed by atoms with Crippen LogP contribution in [-0.4, -0.2) is 32.5 Å². The Morgan fingerprint density at radius 2 is 1.89 bits per heavy atom. The molecule has 0 saturated carbocycles. The highest BCUT2D eigenvalue weighted by Crippen LogP contribution is 2.22. The summed E-state index contributed by atoms with van der Waals surface area (Å²) in [6, 6.07) is 16.6. The van der Waals surface area contributed by atoms with E-state index in [-0.39, 0.29) is 0 Å². The number of hydrogen-bond donors (Lipinski definition) is 2. The quantitative estimate of drug-likeness (QED) is 0.541. The molecular formula is C21H16N6O. The molecule has 2 aromatic heterocycles. The van der Waals surface area contributed by atoms with Gasteiger partial charge in [0.05, 0.1) is 0 Å². The maximum atomic E-state index is 11.5. The SMILES string of the molecule is CNc1nc(C#Cc2ccccc2)nc2c1ncn2-c1cccc(C(N)=O)c1. The molecule has 0 aliphatic carbocycles. The van der Waals surface area contributed by atoms with Gasteiger partial charge in [-0.2, -0.15) is 0 Å². The molecule has 7 heteroatoms. The summed E-state index contributed by atoms with van der Waals surface area (Å²) >= 11 is 0. The number of anilines is 1. The van der Waals surface area contributed by atoms with Crippen molar-refractivity contribution in [3.05, 3.63) is 77.9 Å². The normalized spacial score (nSPS) is 10.3. The highest BCUT2D eigenvalue weighted by Gasteiger charge is 2.13. The summed E-state index contributed by atoms with van der Waals surface area (Å²) in [6.07, 6.45) is 1.63. The second-order valence-electron chi connectivity index (χ2n) is 5.96. The Hall–Kier alpha value is -4.18. The van der Waals surface area contributed by atoms with Crippen LogP contribution in [0.2, 0.25) is 0 Å². The summed E-state index contributed by atoms with van der Waals surface area (Å²) in [4.78, 5) is 24.9. The van der Waals surface area contributed by atoms with Gasteiger partial charge in [-0.3, -0.25) is 9.36 Å². The fourth-order valence-corrected chi connectivity index (χ4v) is 2.78. The zero-order valence-corrected chi connectivity index (χ0v) is 15.0. The molecule has 0 aliphatic heterocycles. The smallest absolute Gasteiger partial charge is 0.248 e. The molecule has 2 heterocycles. The number of rotatable bonds is 3. The Morgan fingerprint density at radius 1 is 1.07 bits per heavy atom. The highest BCUT2D eigenvalue weighted by molar-refractivity contribution is 5.93. The molecule has 0 atom stereocenters. The minimum absolute atomic E-state index is 0.369. The lowest BCUT2D eigenvalue weighted by atomic mass is 10.2. The van der Waals surface area contributed by atoms with E-state index in [9.17, 15) is 4.79 Å². The third-order valence-corrected chi connectivity index (χ3v) is 4.13. The van der Waals surface area contributed by atoms with Crippen molar-refractivity contribution in [2.45, 2.75) is 0 Å². The largest absolute Gasteiger partial charge is 0.371 e. The van der Waals surface area contributed by atoms with Crippen LogP contribution in [0.3, 0.4) is 0 Å². The third-order valence-electron chi connectivity index (χ3n) is 4.13. The summed E-state index contributed by atoms with van der Waals surface area (Å²) in [5, 5.41) is 3.03. The fourth-order valence-electron chi connectivity index (χ4n) is 2.78. The molecule has 0 spiro atoms. The molecule has 2 aromatic carbocycles. The van der Waals surface area contributed by atoms with E-state index in [4.69, 9.17) is 5.73 Å². The Morgan fingerprint density at radius 3 is 2.64 bits per heavy atom. The summed E-state index contributed by atoms with van der Waals surface area (Å²) < 4.78 is 1.78. The summed E-state index contributed by atoms with van der Waals surface area (Å²) in [6.45, 7) is 0. The lowest BCUT2D eigenvalue weighted by Crippen LogP contribution is -2.11. The van der Waals surface area contributed by atoms with E-state index < -0.39 is 5.91 Å². The topological polar surface area (TPSA) is 98.7 Å². The minimum Gasteiger partial charge on any atom is -0.371 e. The molecule has 0 aliphatic rings. The van der Waals surface area contributed by atoms with Gasteiger partial charge in [0.25, 0.3) is 0 Å². The van der Waals surface area contributed by atoms with Crippen molar-refractivity contribution in [2.24, 2.45) is 5.73 Å². The first kappa shape index (κ1) is 17.2. The van der Waals surface area contributed by atoms with E-state index in [1.807, 2.05) is 36.4 Å². The molecule has 0 unspecified atom stereocenters. The van der Waals surface area contributed by atoms with Crippen LogP contribution in [0.4, 0.5) is 5.82 Å². The maximum absolute atomic E-state index is 11.5. The molecule has 0 radical (unpaired) electrons. The molecule has 4 rings (SSSR count). The van der Waals surface area contributed by atoms with Crippen LogP contribution in [0.5, 0.6) is 0 Å². The zero-order valence-electron chi connectivity index (χ0n) is 15.0. The number of nitrogens with zero attached hydrogens (tertiary/aromatic N) is 4. The fraction of sp³-hybridized carbons (Fsp3) is 0.0476. The number of fused-ring (bicyclic) bond motifs is 1. The van der Waals surface area contributed by atoms with E-state index in [1.54, 1.807) is 36.1 Å². The average Bonchev–Trinajstić information content (AvgIpc) is 3.16. The summed E-state index contributed by atoms with van der Waals surface area (Å²) in [7, 11) is 1.77. The van der Waals surface area contributed by atoms with E-state index in [0.29, 0.717) is 28.4 Å². The van der Waals surface area contributed by atoms with Gasteiger partial charge in [0, 0.05) is 23.9 Å². The van der Waals surface area contributed by atoms with Crippen molar-refractivity contribution in [3.8, 4) is 17.5 Å². The second kappa shape index (κ2) is 7.21. The molecule has 0 fully saturated rings. The monoisotopic (exact) mass is 368 g/mol. The number of primary amides is 1. The van der Waals surface area contributed by atoms with Gasteiger partial charge in [0.15, 0.2) is 17.0 Å². The number of nitrogens with two attached hydrogens (primary N) is 1. The first-order valence-corrected chi connectivity index (χ1v) is 8.56. The van der Waals surface area contributed by atoms with Crippen molar-refractivity contribution in [1.29, 1.82) is 0 Å². The van der Waals surface area contributed by atoms with Gasteiger partial charge < -0.3 is 11.1 Å². The van der Waals surface area contributed by atoms with Crippen LogP contribution in [0.25, 0.3) is 16.9 Å². The van der Waals surface area contributed by atoms with Gasteiger partial charge in [-0.05, 0) is 36.3 Å². The number of benzene rings is 2. The lowest BCUT2D eigenvalue weighted by Gasteiger charge is -2.06. The van der Waals surface area contributed by atoms with Crippen LogP contribution >= 0.6 is 0 Å². The zero-order chi connectivity index (χ0) is 19.5. The first-order chi connectivity index (χ1) is 13.7. The van der Waals surface area contributed by atoms with Gasteiger partial charge in [0.1, 0.15) is 6.33 Å². The molecule has 3 N–H and O–H groups in total. The Labute approximate surface area is 161 Å². The first-order valence-electron chi connectivity index (χ1n) is 8.56. The Balaban J connectivity index is 1.85. The summed E-state index contributed by atoms with van der Waals surface area (Å²) in [5.74, 6) is 6.51. The Kier molecular flexibility index (Phi) is 4.44. The van der Waals surface area contributed by atoms with Gasteiger partial charge in [0.2, 0.25) is 11.7 Å². The molecule has 7 nitrogen and oxygen atoms in total. The van der Waals surface area contributed by atoms with Crippen molar-refractivity contribution < 1.29 is 4.79 Å².